The van der Waals surface area contributed by atoms with Gasteiger partial charge in [0.15, 0.2) is 0 Å². The number of rotatable bonds is 3. The van der Waals surface area contributed by atoms with Crippen molar-refractivity contribution in [3.05, 3.63) is 23.8 Å². The molecule has 1 fully saturated rings. The lowest BCUT2D eigenvalue weighted by Crippen LogP contribution is -2.15. The van der Waals surface area contributed by atoms with E-state index in [4.69, 9.17) is 16.2 Å². The van der Waals surface area contributed by atoms with E-state index >= 15 is 0 Å². The smallest absolute Gasteiger partial charge is 0.125 e. The Hall–Kier alpha value is -1.22. The van der Waals surface area contributed by atoms with E-state index in [0.717, 1.165) is 17.0 Å². The Bertz CT molecular complexity index is 334. The highest BCUT2D eigenvalue weighted by Gasteiger charge is 2.32. The van der Waals surface area contributed by atoms with Gasteiger partial charge in [0.05, 0.1) is 7.11 Å². The topological polar surface area (TPSA) is 61.3 Å². The third-order valence-electron chi connectivity index (χ3n) is 2.78. The number of nitrogen functional groups attached to an aromatic ring is 1. The highest BCUT2D eigenvalue weighted by molar-refractivity contribution is 5.56. The second kappa shape index (κ2) is 3.50. The largest absolute Gasteiger partial charge is 0.496 e. The SMILES string of the molecule is COc1cccc(N)c1C(N)C1CC1. The van der Waals surface area contributed by atoms with E-state index in [2.05, 4.69) is 0 Å². The van der Waals surface area contributed by atoms with E-state index in [0.29, 0.717) is 5.92 Å². The van der Waals surface area contributed by atoms with Crippen LogP contribution >= 0.6 is 0 Å². The van der Waals surface area contributed by atoms with E-state index in [9.17, 15) is 0 Å². The van der Waals surface area contributed by atoms with Crippen molar-refractivity contribution in [3.8, 4) is 5.75 Å². The number of benzene rings is 1. The molecule has 1 aromatic carbocycles. The van der Waals surface area contributed by atoms with Crippen LogP contribution in [-0.2, 0) is 0 Å². The second-order valence-electron chi connectivity index (χ2n) is 3.83. The summed E-state index contributed by atoms with van der Waals surface area (Å²) in [6.45, 7) is 0. The van der Waals surface area contributed by atoms with Crippen LogP contribution < -0.4 is 16.2 Å². The second-order valence-corrected chi connectivity index (χ2v) is 3.83. The summed E-state index contributed by atoms with van der Waals surface area (Å²) in [6.07, 6.45) is 2.41. The van der Waals surface area contributed by atoms with Crippen molar-refractivity contribution in [3.63, 3.8) is 0 Å². The van der Waals surface area contributed by atoms with Gasteiger partial charge in [0.1, 0.15) is 5.75 Å². The molecule has 1 unspecified atom stereocenters. The maximum Gasteiger partial charge on any atom is 0.125 e. The van der Waals surface area contributed by atoms with Crippen molar-refractivity contribution in [2.24, 2.45) is 11.7 Å². The van der Waals surface area contributed by atoms with Gasteiger partial charge in [-0.2, -0.15) is 0 Å². The number of nitrogens with two attached hydrogens (primary N) is 2. The molecule has 1 aromatic rings. The molecule has 3 nitrogen and oxygen atoms in total. The van der Waals surface area contributed by atoms with Crippen molar-refractivity contribution in [1.29, 1.82) is 0 Å². The normalized spacial score (nSPS) is 17.9. The Balaban J connectivity index is 2.37. The van der Waals surface area contributed by atoms with E-state index in [-0.39, 0.29) is 6.04 Å². The summed E-state index contributed by atoms with van der Waals surface area (Å²) in [5.74, 6) is 1.40. The monoisotopic (exact) mass is 192 g/mol. The van der Waals surface area contributed by atoms with Crippen molar-refractivity contribution in [1.82, 2.24) is 0 Å². The van der Waals surface area contributed by atoms with Crippen molar-refractivity contribution < 1.29 is 4.74 Å². The average molecular weight is 192 g/mol. The van der Waals surface area contributed by atoms with Gasteiger partial charge in [-0.05, 0) is 30.9 Å². The van der Waals surface area contributed by atoms with Crippen LogP contribution in [0.1, 0.15) is 24.4 Å². The van der Waals surface area contributed by atoms with Gasteiger partial charge in [-0.1, -0.05) is 6.07 Å². The molecular weight excluding hydrogens is 176 g/mol. The van der Waals surface area contributed by atoms with Crippen LogP contribution in [0.25, 0.3) is 0 Å². The van der Waals surface area contributed by atoms with Crippen LogP contribution in [0, 0.1) is 5.92 Å². The van der Waals surface area contributed by atoms with E-state index in [1.54, 1.807) is 7.11 Å². The molecule has 0 aromatic heterocycles. The van der Waals surface area contributed by atoms with Gasteiger partial charge >= 0.3 is 0 Å². The molecule has 1 atom stereocenters. The third-order valence-corrected chi connectivity index (χ3v) is 2.78. The molecule has 0 aliphatic heterocycles. The minimum atomic E-state index is 0.0335. The standard InChI is InChI=1S/C11H16N2O/c1-14-9-4-2-3-8(12)10(9)11(13)7-5-6-7/h2-4,7,11H,5-6,12-13H2,1H3. The fourth-order valence-corrected chi connectivity index (χ4v) is 1.79. The summed E-state index contributed by atoms with van der Waals surface area (Å²) < 4.78 is 5.27. The number of methoxy groups -OCH3 is 1. The minimum absolute atomic E-state index is 0.0335. The first-order valence-electron chi connectivity index (χ1n) is 4.92. The maximum atomic E-state index is 6.12. The molecule has 1 saturated carbocycles. The summed E-state index contributed by atoms with van der Waals surface area (Å²) >= 11 is 0. The molecule has 0 bridgehead atoms. The number of hydrogen-bond donors (Lipinski definition) is 2. The summed E-state index contributed by atoms with van der Waals surface area (Å²) in [7, 11) is 1.65. The van der Waals surface area contributed by atoms with Gasteiger partial charge in [0.2, 0.25) is 0 Å². The Kier molecular flexibility index (Phi) is 2.33. The summed E-state index contributed by atoms with van der Waals surface area (Å²) in [5, 5.41) is 0. The van der Waals surface area contributed by atoms with Crippen LogP contribution in [0.4, 0.5) is 5.69 Å². The molecule has 2 rings (SSSR count). The lowest BCUT2D eigenvalue weighted by atomic mass is 10.0. The molecule has 0 spiro atoms. The van der Waals surface area contributed by atoms with Crippen LogP contribution in [-0.4, -0.2) is 7.11 Å². The number of ether oxygens (including phenoxy) is 1. The van der Waals surface area contributed by atoms with E-state index < -0.39 is 0 Å². The fraction of sp³-hybridized carbons (Fsp3) is 0.455. The van der Waals surface area contributed by atoms with Crippen molar-refractivity contribution >= 4 is 5.69 Å². The van der Waals surface area contributed by atoms with Gasteiger partial charge in [-0.3, -0.25) is 0 Å². The molecule has 0 radical (unpaired) electrons. The predicted molar refractivity (Wildman–Crippen MR) is 57.1 cm³/mol. The summed E-state index contributed by atoms with van der Waals surface area (Å²) in [5.41, 5.74) is 13.7. The average Bonchev–Trinajstić information content (AvgIpc) is 2.99. The summed E-state index contributed by atoms with van der Waals surface area (Å²) in [4.78, 5) is 0. The summed E-state index contributed by atoms with van der Waals surface area (Å²) in [6, 6.07) is 5.71. The highest BCUT2D eigenvalue weighted by Crippen LogP contribution is 2.43. The van der Waals surface area contributed by atoms with Gasteiger partial charge in [-0.15, -0.1) is 0 Å². The quantitative estimate of drug-likeness (QED) is 0.716. The molecule has 0 amide bonds. The Morgan fingerprint density at radius 3 is 2.71 bits per heavy atom. The van der Waals surface area contributed by atoms with E-state index in [1.807, 2.05) is 18.2 Å². The Morgan fingerprint density at radius 2 is 2.14 bits per heavy atom. The van der Waals surface area contributed by atoms with Crippen LogP contribution in [0.5, 0.6) is 5.75 Å². The first-order valence-corrected chi connectivity index (χ1v) is 4.92. The van der Waals surface area contributed by atoms with Crippen LogP contribution in [0.2, 0.25) is 0 Å². The molecule has 76 valence electrons. The van der Waals surface area contributed by atoms with Gasteiger partial charge < -0.3 is 16.2 Å². The van der Waals surface area contributed by atoms with Gasteiger partial charge in [0, 0.05) is 17.3 Å². The molecule has 0 heterocycles. The molecule has 1 aliphatic rings. The van der Waals surface area contributed by atoms with E-state index in [1.165, 1.54) is 12.8 Å². The predicted octanol–water partition coefficient (Wildman–Crippen LogP) is 1.69. The lowest BCUT2D eigenvalue weighted by molar-refractivity contribution is 0.403. The van der Waals surface area contributed by atoms with Gasteiger partial charge in [-0.25, -0.2) is 0 Å². The number of hydrogen-bond acceptors (Lipinski definition) is 3. The third kappa shape index (κ3) is 1.55. The lowest BCUT2D eigenvalue weighted by Gasteiger charge is -2.17. The van der Waals surface area contributed by atoms with Gasteiger partial charge in [0.25, 0.3) is 0 Å². The van der Waals surface area contributed by atoms with Crippen LogP contribution in [0.15, 0.2) is 18.2 Å². The van der Waals surface area contributed by atoms with Crippen molar-refractivity contribution in [2.45, 2.75) is 18.9 Å². The first kappa shape index (κ1) is 9.34. The highest BCUT2D eigenvalue weighted by atomic mass is 16.5. The van der Waals surface area contributed by atoms with Crippen LogP contribution in [0.3, 0.4) is 0 Å². The molecule has 1 aliphatic carbocycles. The minimum Gasteiger partial charge on any atom is -0.496 e. The molecule has 3 heteroatoms. The number of anilines is 1. The zero-order valence-corrected chi connectivity index (χ0v) is 8.36. The zero-order chi connectivity index (χ0) is 10.1. The maximum absolute atomic E-state index is 6.12. The van der Waals surface area contributed by atoms with Crippen molar-refractivity contribution in [2.75, 3.05) is 12.8 Å². The Morgan fingerprint density at radius 1 is 1.43 bits per heavy atom. The molecule has 14 heavy (non-hydrogen) atoms. The Labute approximate surface area is 84.0 Å². The molecule has 0 saturated heterocycles. The molecule has 4 N–H and O–H groups in total. The first-order chi connectivity index (χ1) is 6.74. The zero-order valence-electron chi connectivity index (χ0n) is 8.36. The molecular formula is C11H16N2O. The fourth-order valence-electron chi connectivity index (χ4n) is 1.79.